The second-order valence-electron chi connectivity index (χ2n) is 9.49. The molecule has 5 rings (SSSR count). The van der Waals surface area contributed by atoms with Crippen LogP contribution in [0.3, 0.4) is 0 Å². The third-order valence-electron chi connectivity index (χ3n) is 6.79. The molecule has 0 unspecified atom stereocenters. The van der Waals surface area contributed by atoms with Crippen LogP contribution in [0.4, 0.5) is 21.6 Å². The molecule has 2 aromatic carbocycles. The largest absolute Gasteiger partial charge is 0.338 e. The van der Waals surface area contributed by atoms with Gasteiger partial charge in [0.2, 0.25) is 5.91 Å². The predicted octanol–water partition coefficient (Wildman–Crippen LogP) is 3.57. The number of carbonyl (C=O) groups excluding carboxylic acids is 1. The van der Waals surface area contributed by atoms with Crippen LogP contribution in [0.1, 0.15) is 43.9 Å². The number of hydrogen-bond donors (Lipinski definition) is 2. The summed E-state index contributed by atoms with van der Waals surface area (Å²) in [5.74, 6) is 1.46. The molecule has 4 aromatic rings. The molecule has 1 amide bonds. The second kappa shape index (κ2) is 9.76. The minimum atomic E-state index is -0.663. The monoisotopic (exact) mass is 527 g/mol. The maximum atomic E-state index is 15.0. The molecule has 1 aliphatic carbocycles. The summed E-state index contributed by atoms with van der Waals surface area (Å²) < 4.78 is 18.7. The van der Waals surface area contributed by atoms with Crippen LogP contribution < -0.4 is 27.4 Å². The maximum absolute atomic E-state index is 15.0. The fourth-order valence-electron chi connectivity index (χ4n) is 4.82. The number of amides is 1. The lowest BCUT2D eigenvalue weighted by molar-refractivity contribution is -0.114. The summed E-state index contributed by atoms with van der Waals surface area (Å²) in [6.45, 7) is 3.13. The van der Waals surface area contributed by atoms with Gasteiger partial charge in [-0.25, -0.2) is 9.18 Å². The van der Waals surface area contributed by atoms with Crippen LogP contribution in [-0.2, 0) is 18.3 Å². The van der Waals surface area contributed by atoms with Gasteiger partial charge in [-0.2, -0.15) is 0 Å². The average Bonchev–Trinajstić information content (AvgIpc) is 3.73. The van der Waals surface area contributed by atoms with E-state index >= 15 is 0 Å². The standard InChI is InChI=1S/C29H26FN5O4/c1-5-17-10-13-23(22(30)14-17)32-26-24-25(21(6-2)27(37)33(26)4)34(29(39)35(28(24)38)19-11-12-19)20-9-7-8-18(15-20)31-16(3)36/h1,7-10,13-15,19,32H,6,11-12H2,2-4H3,(H,31,36). The summed E-state index contributed by atoms with van der Waals surface area (Å²) in [4.78, 5) is 53.1. The van der Waals surface area contributed by atoms with E-state index in [1.165, 1.54) is 45.9 Å². The normalized spacial score (nSPS) is 12.8. The molecule has 9 nitrogen and oxygen atoms in total. The summed E-state index contributed by atoms with van der Waals surface area (Å²) in [7, 11) is 1.49. The molecule has 1 saturated carbocycles. The minimum absolute atomic E-state index is 0.0114. The molecule has 0 atom stereocenters. The molecule has 39 heavy (non-hydrogen) atoms. The molecular weight excluding hydrogens is 501 g/mol. The molecule has 0 bridgehead atoms. The molecule has 198 valence electrons. The fourth-order valence-corrected chi connectivity index (χ4v) is 4.82. The van der Waals surface area contributed by atoms with Crippen LogP contribution in [0.2, 0.25) is 0 Å². The number of rotatable bonds is 6. The van der Waals surface area contributed by atoms with E-state index in [2.05, 4.69) is 16.6 Å². The van der Waals surface area contributed by atoms with E-state index in [1.807, 2.05) is 0 Å². The van der Waals surface area contributed by atoms with Crippen molar-refractivity contribution >= 4 is 34.0 Å². The number of terminal acetylenes is 1. The maximum Gasteiger partial charge on any atom is 0.336 e. The molecule has 0 spiro atoms. The van der Waals surface area contributed by atoms with Crippen molar-refractivity contribution in [2.75, 3.05) is 10.6 Å². The van der Waals surface area contributed by atoms with Crippen molar-refractivity contribution in [2.24, 2.45) is 7.05 Å². The summed E-state index contributed by atoms with van der Waals surface area (Å²) in [5.41, 5.74) is -0.0564. The van der Waals surface area contributed by atoms with Gasteiger partial charge in [-0.15, -0.1) is 6.42 Å². The highest BCUT2D eigenvalue weighted by Gasteiger charge is 2.32. The van der Waals surface area contributed by atoms with Crippen molar-refractivity contribution in [1.29, 1.82) is 0 Å². The molecule has 0 saturated heterocycles. The van der Waals surface area contributed by atoms with E-state index in [0.717, 1.165) is 0 Å². The van der Waals surface area contributed by atoms with Crippen molar-refractivity contribution in [2.45, 2.75) is 39.2 Å². The van der Waals surface area contributed by atoms with E-state index in [1.54, 1.807) is 31.2 Å². The topological polar surface area (TPSA) is 107 Å². The van der Waals surface area contributed by atoms with Gasteiger partial charge < -0.3 is 10.6 Å². The molecule has 1 fully saturated rings. The Morgan fingerprint density at radius 2 is 1.87 bits per heavy atom. The third-order valence-corrected chi connectivity index (χ3v) is 6.79. The van der Waals surface area contributed by atoms with Gasteiger partial charge in [0, 0.05) is 36.8 Å². The lowest BCUT2D eigenvalue weighted by Crippen LogP contribution is -2.41. The second-order valence-corrected chi connectivity index (χ2v) is 9.49. The van der Waals surface area contributed by atoms with Gasteiger partial charge >= 0.3 is 5.69 Å². The quantitative estimate of drug-likeness (QED) is 0.373. The number of halogens is 1. The number of nitrogens with zero attached hydrogens (tertiary/aromatic N) is 3. The Balaban J connectivity index is 1.91. The summed E-state index contributed by atoms with van der Waals surface area (Å²) >= 11 is 0. The Morgan fingerprint density at radius 1 is 1.13 bits per heavy atom. The first kappa shape index (κ1) is 25.7. The lowest BCUT2D eigenvalue weighted by Gasteiger charge is -2.21. The molecule has 2 aromatic heterocycles. The Hall–Kier alpha value is -4.91. The van der Waals surface area contributed by atoms with E-state index in [-0.39, 0.29) is 46.3 Å². The molecule has 1 aliphatic rings. The molecular formula is C29H26FN5O4. The molecule has 2 N–H and O–H groups in total. The van der Waals surface area contributed by atoms with E-state index < -0.39 is 22.6 Å². The average molecular weight is 528 g/mol. The van der Waals surface area contributed by atoms with Crippen LogP contribution in [-0.4, -0.2) is 19.6 Å². The predicted molar refractivity (Wildman–Crippen MR) is 149 cm³/mol. The highest BCUT2D eigenvalue weighted by Crippen LogP contribution is 2.34. The Morgan fingerprint density at radius 3 is 2.49 bits per heavy atom. The smallest absolute Gasteiger partial charge is 0.336 e. The zero-order chi connectivity index (χ0) is 28.0. The molecule has 0 aliphatic heterocycles. The van der Waals surface area contributed by atoms with E-state index in [0.29, 0.717) is 29.8 Å². The third kappa shape index (κ3) is 4.42. The van der Waals surface area contributed by atoms with Crippen LogP contribution >= 0.6 is 0 Å². The number of aryl methyl sites for hydroxylation is 1. The SMILES string of the molecule is C#Cc1ccc(Nc2c3c(=O)n(C4CC4)c(=O)n(-c4cccc(NC(C)=O)c4)c3c(CC)c(=O)n2C)c(F)c1. The first-order chi connectivity index (χ1) is 18.7. The zero-order valence-electron chi connectivity index (χ0n) is 21.7. The number of anilines is 3. The number of nitrogens with one attached hydrogen (secondary N) is 2. The molecule has 0 radical (unpaired) electrons. The highest BCUT2D eigenvalue weighted by atomic mass is 19.1. The summed E-state index contributed by atoms with van der Waals surface area (Å²) in [6.07, 6.45) is 6.93. The highest BCUT2D eigenvalue weighted by molar-refractivity contribution is 5.94. The van der Waals surface area contributed by atoms with Gasteiger partial charge in [0.05, 0.1) is 16.9 Å². The van der Waals surface area contributed by atoms with Gasteiger partial charge in [0.15, 0.2) is 0 Å². The zero-order valence-corrected chi connectivity index (χ0v) is 21.7. The number of benzene rings is 2. The van der Waals surface area contributed by atoms with Crippen molar-refractivity contribution in [3.8, 4) is 18.0 Å². The Bertz CT molecular complexity index is 1890. The van der Waals surface area contributed by atoms with Gasteiger partial charge in [-0.05, 0) is 55.7 Å². The minimum Gasteiger partial charge on any atom is -0.338 e. The van der Waals surface area contributed by atoms with Gasteiger partial charge in [-0.3, -0.25) is 28.1 Å². The van der Waals surface area contributed by atoms with Gasteiger partial charge in [0.1, 0.15) is 17.0 Å². The lowest BCUT2D eigenvalue weighted by atomic mass is 10.1. The van der Waals surface area contributed by atoms with Crippen LogP contribution in [0.15, 0.2) is 56.8 Å². The van der Waals surface area contributed by atoms with E-state index in [4.69, 9.17) is 6.42 Å². The Labute approximate surface area is 222 Å². The Kier molecular flexibility index (Phi) is 6.44. The van der Waals surface area contributed by atoms with Gasteiger partial charge in [0.25, 0.3) is 11.1 Å². The molecule has 10 heteroatoms. The number of pyridine rings is 1. The van der Waals surface area contributed by atoms with Crippen molar-refractivity contribution in [1.82, 2.24) is 13.7 Å². The van der Waals surface area contributed by atoms with E-state index in [9.17, 15) is 23.6 Å². The van der Waals surface area contributed by atoms with Gasteiger partial charge in [-0.1, -0.05) is 18.9 Å². The fraction of sp³-hybridized carbons (Fsp3) is 0.241. The van der Waals surface area contributed by atoms with Crippen LogP contribution in [0.5, 0.6) is 0 Å². The van der Waals surface area contributed by atoms with Crippen molar-refractivity contribution in [3.63, 3.8) is 0 Å². The number of carbonyl (C=O) groups is 1. The summed E-state index contributed by atoms with van der Waals surface area (Å²) in [5, 5.41) is 5.69. The van der Waals surface area contributed by atoms with Crippen molar-refractivity contribution in [3.05, 3.63) is 90.6 Å². The first-order valence-electron chi connectivity index (χ1n) is 12.5. The summed E-state index contributed by atoms with van der Waals surface area (Å²) in [6, 6.07) is 10.5. The first-order valence-corrected chi connectivity index (χ1v) is 12.5. The number of hydrogen-bond acceptors (Lipinski definition) is 5. The number of aromatic nitrogens is 3. The van der Waals surface area contributed by atoms with Crippen molar-refractivity contribution < 1.29 is 9.18 Å². The molecule has 2 heterocycles. The van der Waals surface area contributed by atoms with Crippen LogP contribution in [0, 0.1) is 18.2 Å². The van der Waals surface area contributed by atoms with Crippen LogP contribution in [0.25, 0.3) is 16.6 Å². The number of fused-ring (bicyclic) bond motifs is 1.